The lowest BCUT2D eigenvalue weighted by Gasteiger charge is -2.13. The van der Waals surface area contributed by atoms with E-state index in [1.165, 1.54) is 7.11 Å². The first-order valence-electron chi connectivity index (χ1n) is 9.03. The highest BCUT2D eigenvalue weighted by atomic mass is 16.5. The van der Waals surface area contributed by atoms with Crippen LogP contribution in [0.2, 0.25) is 0 Å². The highest BCUT2D eigenvalue weighted by Gasteiger charge is 2.18. The van der Waals surface area contributed by atoms with Crippen molar-refractivity contribution in [2.24, 2.45) is 0 Å². The minimum absolute atomic E-state index is 0.166. The average molecular weight is 380 g/mol. The third kappa shape index (κ3) is 4.11. The van der Waals surface area contributed by atoms with Gasteiger partial charge in [-0.1, -0.05) is 19.1 Å². The second-order valence-electron chi connectivity index (χ2n) is 6.45. The van der Waals surface area contributed by atoms with E-state index in [9.17, 15) is 4.79 Å². The van der Waals surface area contributed by atoms with Crippen LogP contribution >= 0.6 is 0 Å². The summed E-state index contributed by atoms with van der Waals surface area (Å²) < 4.78 is 6.66. The van der Waals surface area contributed by atoms with Crippen molar-refractivity contribution < 1.29 is 9.53 Å². The molecule has 0 saturated heterocycles. The molecule has 0 bridgehead atoms. The number of nitrogens with one attached hydrogen (secondary N) is 1. The molecule has 28 heavy (non-hydrogen) atoms. The summed E-state index contributed by atoms with van der Waals surface area (Å²) in [5.41, 5.74) is 3.46. The van der Waals surface area contributed by atoms with E-state index in [1.807, 2.05) is 50.2 Å². The van der Waals surface area contributed by atoms with Crippen molar-refractivity contribution in [2.45, 2.75) is 19.9 Å². The molecular weight excluding hydrogens is 356 g/mol. The largest absolute Gasteiger partial charge is 0.480 e. The van der Waals surface area contributed by atoms with Crippen molar-refractivity contribution in [1.29, 1.82) is 0 Å². The fourth-order valence-electron chi connectivity index (χ4n) is 2.83. The van der Waals surface area contributed by atoms with Gasteiger partial charge in [-0.05, 0) is 30.2 Å². The lowest BCUT2D eigenvalue weighted by atomic mass is 10.1. The van der Waals surface area contributed by atoms with E-state index >= 15 is 0 Å². The summed E-state index contributed by atoms with van der Waals surface area (Å²) in [5, 5.41) is 15.4. The SMILES string of the molecule is CCc1c(C(=O)NCc2ccc(N(C)C)cc2)cnn1-c1ccc(OC)nn1. The molecule has 3 aromatic rings. The number of ether oxygens (including phenoxy) is 1. The van der Waals surface area contributed by atoms with Crippen LogP contribution in [-0.2, 0) is 13.0 Å². The molecule has 0 spiro atoms. The van der Waals surface area contributed by atoms with Gasteiger partial charge in [0, 0.05) is 32.4 Å². The summed E-state index contributed by atoms with van der Waals surface area (Å²) in [6.07, 6.45) is 2.20. The summed E-state index contributed by atoms with van der Waals surface area (Å²) in [5.74, 6) is 0.796. The lowest BCUT2D eigenvalue weighted by molar-refractivity contribution is 0.0950. The zero-order valence-corrected chi connectivity index (χ0v) is 16.5. The van der Waals surface area contributed by atoms with Crippen LogP contribution in [0, 0.1) is 0 Å². The lowest BCUT2D eigenvalue weighted by Crippen LogP contribution is -2.24. The highest BCUT2D eigenvalue weighted by molar-refractivity contribution is 5.95. The number of amides is 1. The molecule has 2 heterocycles. The van der Waals surface area contributed by atoms with Crippen molar-refractivity contribution in [3.63, 3.8) is 0 Å². The van der Waals surface area contributed by atoms with Crippen molar-refractivity contribution in [3.05, 3.63) is 59.4 Å². The predicted octanol–water partition coefficient (Wildman–Crippen LogP) is 2.23. The van der Waals surface area contributed by atoms with E-state index in [0.29, 0.717) is 30.2 Å². The summed E-state index contributed by atoms with van der Waals surface area (Å²) in [6.45, 7) is 2.42. The predicted molar refractivity (Wildman–Crippen MR) is 107 cm³/mol. The Bertz CT molecular complexity index is 932. The van der Waals surface area contributed by atoms with E-state index in [2.05, 4.69) is 20.6 Å². The number of benzene rings is 1. The number of hydrogen-bond acceptors (Lipinski definition) is 6. The highest BCUT2D eigenvalue weighted by Crippen LogP contribution is 2.16. The van der Waals surface area contributed by atoms with Gasteiger partial charge in [0.15, 0.2) is 5.82 Å². The molecule has 0 radical (unpaired) electrons. The number of nitrogens with zero attached hydrogens (tertiary/aromatic N) is 5. The Morgan fingerprint density at radius 3 is 2.46 bits per heavy atom. The molecule has 1 aromatic carbocycles. The maximum Gasteiger partial charge on any atom is 0.255 e. The molecule has 0 aliphatic rings. The number of rotatable bonds is 7. The Kier molecular flexibility index (Phi) is 5.88. The van der Waals surface area contributed by atoms with E-state index in [1.54, 1.807) is 23.0 Å². The second-order valence-corrected chi connectivity index (χ2v) is 6.45. The Balaban J connectivity index is 1.73. The summed E-state index contributed by atoms with van der Waals surface area (Å²) in [7, 11) is 5.52. The summed E-state index contributed by atoms with van der Waals surface area (Å²) in [4.78, 5) is 14.7. The smallest absolute Gasteiger partial charge is 0.255 e. The molecule has 0 aliphatic heterocycles. The maximum absolute atomic E-state index is 12.7. The van der Waals surface area contributed by atoms with Gasteiger partial charge in [-0.3, -0.25) is 4.79 Å². The molecule has 1 N–H and O–H groups in total. The van der Waals surface area contributed by atoms with Crippen molar-refractivity contribution >= 4 is 11.6 Å². The van der Waals surface area contributed by atoms with E-state index in [0.717, 1.165) is 16.9 Å². The van der Waals surface area contributed by atoms with Gasteiger partial charge in [0.05, 0.1) is 24.6 Å². The van der Waals surface area contributed by atoms with Crippen LogP contribution in [0.5, 0.6) is 5.88 Å². The molecule has 1 amide bonds. The second kappa shape index (κ2) is 8.51. The molecule has 0 atom stereocenters. The molecule has 0 unspecified atom stereocenters. The van der Waals surface area contributed by atoms with Gasteiger partial charge in [-0.2, -0.15) is 5.10 Å². The van der Waals surface area contributed by atoms with Crippen LogP contribution in [0.25, 0.3) is 5.82 Å². The molecule has 8 nitrogen and oxygen atoms in total. The van der Waals surface area contributed by atoms with Crippen LogP contribution in [0.15, 0.2) is 42.6 Å². The third-order valence-electron chi connectivity index (χ3n) is 4.41. The minimum Gasteiger partial charge on any atom is -0.480 e. The van der Waals surface area contributed by atoms with Crippen molar-refractivity contribution in [2.75, 3.05) is 26.1 Å². The van der Waals surface area contributed by atoms with E-state index < -0.39 is 0 Å². The van der Waals surface area contributed by atoms with Gasteiger partial charge in [0.25, 0.3) is 5.91 Å². The zero-order valence-electron chi connectivity index (χ0n) is 16.5. The first-order chi connectivity index (χ1) is 13.5. The van der Waals surface area contributed by atoms with Gasteiger partial charge < -0.3 is 15.0 Å². The average Bonchev–Trinajstić information content (AvgIpc) is 3.16. The van der Waals surface area contributed by atoms with Crippen LogP contribution in [-0.4, -0.2) is 47.1 Å². The summed E-state index contributed by atoms with van der Waals surface area (Å²) in [6, 6.07) is 11.5. The molecule has 0 fully saturated rings. The van der Waals surface area contributed by atoms with Gasteiger partial charge in [0.1, 0.15) is 0 Å². The Morgan fingerprint density at radius 1 is 1.14 bits per heavy atom. The molecule has 146 valence electrons. The first kappa shape index (κ1) is 19.3. The van der Waals surface area contributed by atoms with Crippen LogP contribution in [0.3, 0.4) is 0 Å². The fraction of sp³-hybridized carbons (Fsp3) is 0.300. The van der Waals surface area contributed by atoms with Gasteiger partial charge in [-0.25, -0.2) is 4.68 Å². The van der Waals surface area contributed by atoms with Crippen LogP contribution < -0.4 is 15.0 Å². The normalized spacial score (nSPS) is 10.6. The van der Waals surface area contributed by atoms with E-state index in [4.69, 9.17) is 4.74 Å². The van der Waals surface area contributed by atoms with Gasteiger partial charge >= 0.3 is 0 Å². The number of aromatic nitrogens is 4. The number of anilines is 1. The number of carbonyl (C=O) groups excluding carboxylic acids is 1. The monoisotopic (exact) mass is 380 g/mol. The Hall–Kier alpha value is -3.42. The molecule has 2 aromatic heterocycles. The number of methoxy groups -OCH3 is 1. The minimum atomic E-state index is -0.166. The van der Waals surface area contributed by atoms with Crippen molar-refractivity contribution in [3.8, 4) is 11.7 Å². The molecular formula is C20H24N6O2. The maximum atomic E-state index is 12.7. The van der Waals surface area contributed by atoms with Crippen molar-refractivity contribution in [1.82, 2.24) is 25.3 Å². The van der Waals surface area contributed by atoms with E-state index in [-0.39, 0.29) is 5.91 Å². The molecule has 0 saturated carbocycles. The van der Waals surface area contributed by atoms with Gasteiger partial charge in [-0.15, -0.1) is 10.2 Å². The molecule has 8 heteroatoms. The molecule has 0 aliphatic carbocycles. The first-order valence-corrected chi connectivity index (χ1v) is 9.03. The third-order valence-corrected chi connectivity index (χ3v) is 4.41. The fourth-order valence-corrected chi connectivity index (χ4v) is 2.83. The van der Waals surface area contributed by atoms with Crippen LogP contribution in [0.4, 0.5) is 5.69 Å². The standard InChI is InChI=1S/C20H24N6O2/c1-5-17-16(13-22-26(17)18-10-11-19(28-4)24-23-18)20(27)21-12-14-6-8-15(9-7-14)25(2)3/h6-11,13H,5,12H2,1-4H3,(H,21,27). The number of carbonyl (C=O) groups is 1. The Morgan fingerprint density at radius 2 is 1.89 bits per heavy atom. The quantitative estimate of drug-likeness (QED) is 0.677. The number of hydrogen-bond donors (Lipinski definition) is 1. The Labute approximate surface area is 164 Å². The van der Waals surface area contributed by atoms with Crippen LogP contribution in [0.1, 0.15) is 28.5 Å². The van der Waals surface area contributed by atoms with Gasteiger partial charge in [0.2, 0.25) is 5.88 Å². The topological polar surface area (TPSA) is 85.2 Å². The molecule has 3 rings (SSSR count). The zero-order chi connectivity index (χ0) is 20.1. The summed E-state index contributed by atoms with van der Waals surface area (Å²) >= 11 is 0.